The molecule has 0 aliphatic carbocycles. The molecule has 0 bridgehead atoms. The van der Waals surface area contributed by atoms with Crippen LogP contribution >= 0.6 is 0 Å². The molecule has 8 aromatic rings. The molecular formula is C42H28. The topological polar surface area (TPSA) is 0 Å². The van der Waals surface area contributed by atoms with Crippen LogP contribution in [0.5, 0.6) is 0 Å². The number of hydrogen-bond acceptors (Lipinski definition) is 0. The zero-order valence-electron chi connectivity index (χ0n) is 23.2. The van der Waals surface area contributed by atoms with Crippen molar-refractivity contribution in [1.82, 2.24) is 0 Å². The van der Waals surface area contributed by atoms with E-state index in [1.54, 1.807) is 0 Å². The van der Waals surface area contributed by atoms with Crippen LogP contribution in [0.1, 0.15) is 0 Å². The van der Waals surface area contributed by atoms with Crippen molar-refractivity contribution < 1.29 is 0 Å². The summed E-state index contributed by atoms with van der Waals surface area (Å²) >= 11 is 0. The van der Waals surface area contributed by atoms with E-state index in [0.717, 1.165) is 0 Å². The molecule has 0 aliphatic rings. The summed E-state index contributed by atoms with van der Waals surface area (Å²) in [6.07, 6.45) is 0. The van der Waals surface area contributed by atoms with Crippen LogP contribution in [0.3, 0.4) is 0 Å². The van der Waals surface area contributed by atoms with Crippen LogP contribution in [0.2, 0.25) is 0 Å². The van der Waals surface area contributed by atoms with Gasteiger partial charge in [0.15, 0.2) is 0 Å². The Labute approximate surface area is 246 Å². The van der Waals surface area contributed by atoms with E-state index in [-0.39, 0.29) is 0 Å². The molecule has 8 rings (SSSR count). The Morgan fingerprint density at radius 3 is 1.50 bits per heavy atom. The lowest BCUT2D eigenvalue weighted by molar-refractivity contribution is 1.62. The summed E-state index contributed by atoms with van der Waals surface area (Å²) < 4.78 is 0. The van der Waals surface area contributed by atoms with Crippen LogP contribution in [-0.2, 0) is 0 Å². The maximum absolute atomic E-state index is 2.37. The Morgan fingerprint density at radius 1 is 0.214 bits per heavy atom. The van der Waals surface area contributed by atoms with Crippen LogP contribution in [0.25, 0.3) is 76.8 Å². The Kier molecular flexibility index (Phi) is 5.90. The van der Waals surface area contributed by atoms with Crippen molar-refractivity contribution in [1.29, 1.82) is 0 Å². The van der Waals surface area contributed by atoms with Gasteiger partial charge in [-0.3, -0.25) is 0 Å². The first-order chi connectivity index (χ1) is 20.8. The largest absolute Gasteiger partial charge is 0.0622 e. The smallest absolute Gasteiger partial charge is 0.00264 e. The number of fused-ring (bicyclic) bond motifs is 3. The fourth-order valence-electron chi connectivity index (χ4n) is 6.28. The van der Waals surface area contributed by atoms with Gasteiger partial charge in [0.05, 0.1) is 0 Å². The van der Waals surface area contributed by atoms with E-state index in [2.05, 4.69) is 170 Å². The Morgan fingerprint density at radius 2 is 0.738 bits per heavy atom. The van der Waals surface area contributed by atoms with Crippen LogP contribution in [0.4, 0.5) is 0 Å². The molecule has 8 aromatic carbocycles. The summed E-state index contributed by atoms with van der Waals surface area (Å²) in [6, 6.07) is 61.9. The molecular weight excluding hydrogens is 504 g/mol. The van der Waals surface area contributed by atoms with E-state index in [1.165, 1.54) is 76.8 Å². The highest BCUT2D eigenvalue weighted by Gasteiger charge is 2.14. The third-order valence-corrected chi connectivity index (χ3v) is 8.40. The molecule has 0 heteroatoms. The summed E-state index contributed by atoms with van der Waals surface area (Å²) in [5, 5.41) is 7.56. The molecule has 0 radical (unpaired) electrons. The van der Waals surface area contributed by atoms with Crippen molar-refractivity contribution in [2.75, 3.05) is 0 Å². The minimum absolute atomic E-state index is 1.23. The highest BCUT2D eigenvalue weighted by atomic mass is 14.2. The van der Waals surface area contributed by atoms with Crippen molar-refractivity contribution in [2.45, 2.75) is 0 Å². The summed E-state index contributed by atoms with van der Waals surface area (Å²) in [4.78, 5) is 0. The first kappa shape index (κ1) is 24.3. The number of benzene rings is 8. The van der Waals surface area contributed by atoms with Gasteiger partial charge in [0.1, 0.15) is 0 Å². The molecule has 0 saturated carbocycles. The summed E-state index contributed by atoms with van der Waals surface area (Å²) in [5.74, 6) is 0. The molecule has 0 atom stereocenters. The standard InChI is InChI=1S/C42H28/c1-3-10-29(11-4-1)34-22-23-40-39(26-34)27-37-21-20-36(30-12-5-2-6-13-30)28-41(37)42(40)38-17-9-16-33(25-38)35-19-18-31-14-7-8-15-32(31)24-35/h1-28H. The van der Waals surface area contributed by atoms with E-state index in [9.17, 15) is 0 Å². The summed E-state index contributed by atoms with van der Waals surface area (Å²) in [7, 11) is 0. The van der Waals surface area contributed by atoms with E-state index < -0.39 is 0 Å². The molecule has 0 spiro atoms. The lowest BCUT2D eigenvalue weighted by Crippen LogP contribution is -1.89. The lowest BCUT2D eigenvalue weighted by atomic mass is 9.88. The van der Waals surface area contributed by atoms with Gasteiger partial charge in [-0.1, -0.05) is 140 Å². The fourth-order valence-corrected chi connectivity index (χ4v) is 6.28. The van der Waals surface area contributed by atoms with Gasteiger partial charge < -0.3 is 0 Å². The molecule has 0 N–H and O–H groups in total. The normalized spacial score (nSPS) is 11.3. The number of rotatable bonds is 4. The predicted molar refractivity (Wildman–Crippen MR) is 181 cm³/mol. The maximum Gasteiger partial charge on any atom is -0.00264 e. The van der Waals surface area contributed by atoms with Crippen LogP contribution in [0.15, 0.2) is 170 Å². The monoisotopic (exact) mass is 532 g/mol. The van der Waals surface area contributed by atoms with Gasteiger partial charge in [-0.05, 0) is 107 Å². The second kappa shape index (κ2) is 10.2. The minimum Gasteiger partial charge on any atom is -0.0622 e. The molecule has 0 unspecified atom stereocenters. The average molecular weight is 533 g/mol. The second-order valence-electron chi connectivity index (χ2n) is 11.0. The fraction of sp³-hybridized carbons (Fsp3) is 0. The molecule has 0 heterocycles. The van der Waals surface area contributed by atoms with Crippen molar-refractivity contribution in [3.05, 3.63) is 170 Å². The Bertz CT molecular complexity index is 2220. The maximum atomic E-state index is 2.37. The molecule has 0 amide bonds. The molecule has 0 saturated heterocycles. The Hall–Kier alpha value is -5.46. The van der Waals surface area contributed by atoms with E-state index in [1.807, 2.05) is 0 Å². The SMILES string of the molecule is c1ccc(-c2ccc3c(-c4cccc(-c5ccc6ccccc6c5)c4)c4cc(-c5ccccc5)ccc4cc3c2)cc1. The third kappa shape index (κ3) is 4.35. The van der Waals surface area contributed by atoms with Gasteiger partial charge in [0.2, 0.25) is 0 Å². The predicted octanol–water partition coefficient (Wildman–Crippen LogP) is 11.8. The van der Waals surface area contributed by atoms with Gasteiger partial charge in [-0.15, -0.1) is 0 Å². The van der Waals surface area contributed by atoms with Crippen LogP contribution < -0.4 is 0 Å². The third-order valence-electron chi connectivity index (χ3n) is 8.40. The molecule has 0 nitrogen and oxygen atoms in total. The summed E-state index contributed by atoms with van der Waals surface area (Å²) in [5.41, 5.74) is 9.90. The molecule has 0 fully saturated rings. The number of hydrogen-bond donors (Lipinski definition) is 0. The van der Waals surface area contributed by atoms with Crippen LogP contribution in [0, 0.1) is 0 Å². The second-order valence-corrected chi connectivity index (χ2v) is 11.0. The van der Waals surface area contributed by atoms with E-state index >= 15 is 0 Å². The highest BCUT2D eigenvalue weighted by Crippen LogP contribution is 2.41. The van der Waals surface area contributed by atoms with Crippen molar-refractivity contribution >= 4 is 32.3 Å². The Balaban J connectivity index is 1.37. The first-order valence-corrected chi connectivity index (χ1v) is 14.5. The summed E-state index contributed by atoms with van der Waals surface area (Å²) in [6.45, 7) is 0. The lowest BCUT2D eigenvalue weighted by Gasteiger charge is -2.16. The molecule has 0 aromatic heterocycles. The van der Waals surface area contributed by atoms with Crippen molar-refractivity contribution in [2.24, 2.45) is 0 Å². The van der Waals surface area contributed by atoms with E-state index in [4.69, 9.17) is 0 Å². The van der Waals surface area contributed by atoms with Gasteiger partial charge in [-0.2, -0.15) is 0 Å². The minimum atomic E-state index is 1.23. The van der Waals surface area contributed by atoms with Gasteiger partial charge in [0, 0.05) is 0 Å². The highest BCUT2D eigenvalue weighted by molar-refractivity contribution is 6.14. The van der Waals surface area contributed by atoms with Crippen molar-refractivity contribution in [3.8, 4) is 44.5 Å². The zero-order chi connectivity index (χ0) is 27.9. The van der Waals surface area contributed by atoms with Gasteiger partial charge >= 0.3 is 0 Å². The van der Waals surface area contributed by atoms with Gasteiger partial charge in [0.25, 0.3) is 0 Å². The molecule has 0 aliphatic heterocycles. The quantitative estimate of drug-likeness (QED) is 0.198. The van der Waals surface area contributed by atoms with E-state index in [0.29, 0.717) is 0 Å². The molecule has 42 heavy (non-hydrogen) atoms. The zero-order valence-corrected chi connectivity index (χ0v) is 23.2. The average Bonchev–Trinajstić information content (AvgIpc) is 3.07. The molecule has 196 valence electrons. The van der Waals surface area contributed by atoms with Gasteiger partial charge in [-0.25, -0.2) is 0 Å². The van der Waals surface area contributed by atoms with Crippen LogP contribution in [-0.4, -0.2) is 0 Å². The van der Waals surface area contributed by atoms with Crippen molar-refractivity contribution in [3.63, 3.8) is 0 Å². The first-order valence-electron chi connectivity index (χ1n) is 14.5.